The van der Waals surface area contributed by atoms with Gasteiger partial charge in [0.25, 0.3) is 5.56 Å². The minimum atomic E-state index is -0.383. The molecule has 1 aliphatic heterocycles. The summed E-state index contributed by atoms with van der Waals surface area (Å²) in [6, 6.07) is 9.65. The quantitative estimate of drug-likeness (QED) is 0.857. The van der Waals surface area contributed by atoms with Gasteiger partial charge in [-0.25, -0.2) is 4.98 Å². The SMILES string of the molecule is Cn1ccnc(N2CC(COc3ccccc3)OC(C)(C)C2)c1=O. The van der Waals surface area contributed by atoms with Crippen molar-refractivity contribution in [2.24, 2.45) is 7.05 Å². The summed E-state index contributed by atoms with van der Waals surface area (Å²) >= 11 is 0. The standard InChI is InChI=1S/C18H23N3O3/c1-18(2)13-21(16-17(22)20(3)10-9-19-16)11-15(24-18)12-23-14-7-5-4-6-8-14/h4-10,15H,11-13H2,1-3H3. The molecule has 1 aromatic heterocycles. The summed E-state index contributed by atoms with van der Waals surface area (Å²) in [6.45, 7) is 5.64. The predicted octanol–water partition coefficient (Wildman–Crippen LogP) is 1.84. The number of rotatable bonds is 4. The molecule has 1 atom stereocenters. The maximum Gasteiger partial charge on any atom is 0.293 e. The lowest BCUT2D eigenvalue weighted by atomic mass is 10.1. The van der Waals surface area contributed by atoms with E-state index in [0.29, 0.717) is 25.5 Å². The topological polar surface area (TPSA) is 56.6 Å². The van der Waals surface area contributed by atoms with Crippen LogP contribution in [0.25, 0.3) is 0 Å². The van der Waals surface area contributed by atoms with E-state index in [1.165, 1.54) is 0 Å². The van der Waals surface area contributed by atoms with Crippen LogP contribution in [0.2, 0.25) is 0 Å². The predicted molar refractivity (Wildman–Crippen MR) is 92.6 cm³/mol. The third-order valence-corrected chi connectivity index (χ3v) is 3.96. The second kappa shape index (κ2) is 6.65. The van der Waals surface area contributed by atoms with Gasteiger partial charge in [-0.3, -0.25) is 4.79 Å². The summed E-state index contributed by atoms with van der Waals surface area (Å²) in [4.78, 5) is 18.6. The number of para-hydroxylation sites is 1. The molecule has 128 valence electrons. The van der Waals surface area contributed by atoms with Gasteiger partial charge in [0, 0.05) is 32.5 Å². The fraction of sp³-hybridized carbons (Fsp3) is 0.444. The summed E-state index contributed by atoms with van der Waals surface area (Å²) in [5, 5.41) is 0. The van der Waals surface area contributed by atoms with Gasteiger partial charge in [0.05, 0.1) is 5.60 Å². The molecule has 0 bridgehead atoms. The number of hydrogen-bond acceptors (Lipinski definition) is 5. The van der Waals surface area contributed by atoms with Gasteiger partial charge in [-0.1, -0.05) is 18.2 Å². The molecule has 3 rings (SSSR count). The highest BCUT2D eigenvalue weighted by Gasteiger charge is 2.35. The fourth-order valence-electron chi connectivity index (χ4n) is 2.95. The Morgan fingerprint density at radius 1 is 1.33 bits per heavy atom. The Labute approximate surface area is 141 Å². The van der Waals surface area contributed by atoms with E-state index in [1.54, 1.807) is 24.0 Å². The highest BCUT2D eigenvalue weighted by molar-refractivity contribution is 5.37. The molecule has 1 fully saturated rings. The van der Waals surface area contributed by atoms with Gasteiger partial charge < -0.3 is 18.9 Å². The molecule has 6 heteroatoms. The van der Waals surface area contributed by atoms with Gasteiger partial charge >= 0.3 is 0 Å². The molecule has 1 unspecified atom stereocenters. The Hall–Kier alpha value is -2.34. The van der Waals surface area contributed by atoms with Crippen LogP contribution in [-0.4, -0.2) is 41.0 Å². The smallest absolute Gasteiger partial charge is 0.293 e. The zero-order chi connectivity index (χ0) is 17.2. The van der Waals surface area contributed by atoms with Crippen molar-refractivity contribution < 1.29 is 9.47 Å². The number of hydrogen-bond donors (Lipinski definition) is 0. The monoisotopic (exact) mass is 329 g/mol. The van der Waals surface area contributed by atoms with Crippen molar-refractivity contribution in [1.29, 1.82) is 0 Å². The highest BCUT2D eigenvalue weighted by atomic mass is 16.5. The first-order chi connectivity index (χ1) is 11.4. The van der Waals surface area contributed by atoms with Crippen LogP contribution in [0, 0.1) is 0 Å². The first-order valence-electron chi connectivity index (χ1n) is 8.07. The Balaban J connectivity index is 1.75. The van der Waals surface area contributed by atoms with Crippen LogP contribution >= 0.6 is 0 Å². The van der Waals surface area contributed by atoms with Crippen LogP contribution in [0.15, 0.2) is 47.5 Å². The number of aryl methyl sites for hydroxylation is 1. The number of aromatic nitrogens is 2. The fourth-order valence-corrected chi connectivity index (χ4v) is 2.95. The molecule has 6 nitrogen and oxygen atoms in total. The molecule has 1 saturated heterocycles. The second-order valence-corrected chi connectivity index (χ2v) is 6.67. The largest absolute Gasteiger partial charge is 0.491 e. The minimum absolute atomic E-state index is 0.0991. The Morgan fingerprint density at radius 3 is 2.83 bits per heavy atom. The molecule has 2 aromatic rings. The van der Waals surface area contributed by atoms with E-state index in [0.717, 1.165) is 5.75 Å². The molecule has 2 heterocycles. The molecular formula is C18H23N3O3. The summed E-state index contributed by atoms with van der Waals surface area (Å²) < 4.78 is 13.5. The van der Waals surface area contributed by atoms with Crippen LogP contribution in [0.1, 0.15) is 13.8 Å². The minimum Gasteiger partial charge on any atom is -0.491 e. The van der Waals surface area contributed by atoms with Gasteiger partial charge in [0.15, 0.2) is 5.82 Å². The maximum absolute atomic E-state index is 12.4. The van der Waals surface area contributed by atoms with Gasteiger partial charge in [-0.05, 0) is 26.0 Å². The average molecular weight is 329 g/mol. The molecule has 0 radical (unpaired) electrons. The van der Waals surface area contributed by atoms with Crippen LogP contribution < -0.4 is 15.2 Å². The van der Waals surface area contributed by atoms with Crippen molar-refractivity contribution in [1.82, 2.24) is 9.55 Å². The maximum atomic E-state index is 12.4. The van der Waals surface area contributed by atoms with E-state index in [9.17, 15) is 4.79 Å². The Morgan fingerprint density at radius 2 is 2.08 bits per heavy atom. The summed E-state index contributed by atoms with van der Waals surface area (Å²) in [7, 11) is 1.73. The third kappa shape index (κ3) is 3.76. The number of ether oxygens (including phenoxy) is 2. The first kappa shape index (κ1) is 16.5. The number of nitrogens with zero attached hydrogens (tertiary/aromatic N) is 3. The van der Waals surface area contributed by atoms with Crippen molar-refractivity contribution in [3.8, 4) is 5.75 Å². The van der Waals surface area contributed by atoms with Gasteiger partial charge in [0.2, 0.25) is 0 Å². The molecule has 0 saturated carbocycles. The van der Waals surface area contributed by atoms with E-state index in [-0.39, 0.29) is 17.3 Å². The van der Waals surface area contributed by atoms with E-state index in [2.05, 4.69) is 4.98 Å². The lowest BCUT2D eigenvalue weighted by Gasteiger charge is -2.42. The summed E-state index contributed by atoms with van der Waals surface area (Å²) in [5.74, 6) is 1.27. The van der Waals surface area contributed by atoms with Crippen molar-refractivity contribution >= 4 is 5.82 Å². The zero-order valence-electron chi connectivity index (χ0n) is 14.3. The third-order valence-electron chi connectivity index (χ3n) is 3.96. The summed E-state index contributed by atoms with van der Waals surface area (Å²) in [6.07, 6.45) is 3.17. The average Bonchev–Trinajstić information content (AvgIpc) is 2.55. The lowest BCUT2D eigenvalue weighted by molar-refractivity contribution is -0.0972. The van der Waals surface area contributed by atoms with Crippen molar-refractivity contribution in [3.05, 3.63) is 53.1 Å². The molecule has 1 aliphatic rings. The molecule has 0 N–H and O–H groups in total. The van der Waals surface area contributed by atoms with Crippen LogP contribution in [0.3, 0.4) is 0 Å². The normalized spacial score (nSPS) is 20.0. The van der Waals surface area contributed by atoms with Crippen molar-refractivity contribution in [2.75, 3.05) is 24.6 Å². The molecule has 1 aromatic carbocycles. The van der Waals surface area contributed by atoms with Crippen LogP contribution in [0.5, 0.6) is 5.75 Å². The van der Waals surface area contributed by atoms with Crippen molar-refractivity contribution in [3.63, 3.8) is 0 Å². The van der Waals surface area contributed by atoms with Crippen LogP contribution in [0.4, 0.5) is 5.82 Å². The number of morpholine rings is 1. The molecule has 0 amide bonds. The lowest BCUT2D eigenvalue weighted by Crippen LogP contribution is -2.56. The number of anilines is 1. The summed E-state index contributed by atoms with van der Waals surface area (Å²) in [5.41, 5.74) is -0.483. The van der Waals surface area contributed by atoms with Gasteiger partial charge in [-0.15, -0.1) is 0 Å². The highest BCUT2D eigenvalue weighted by Crippen LogP contribution is 2.24. The Kier molecular flexibility index (Phi) is 4.57. The first-order valence-corrected chi connectivity index (χ1v) is 8.07. The van der Waals surface area contributed by atoms with E-state index >= 15 is 0 Å². The Bertz CT molecular complexity index is 743. The van der Waals surface area contributed by atoms with E-state index < -0.39 is 0 Å². The van der Waals surface area contributed by atoms with Crippen LogP contribution in [-0.2, 0) is 11.8 Å². The van der Waals surface area contributed by atoms with E-state index in [1.807, 2.05) is 49.1 Å². The van der Waals surface area contributed by atoms with Crippen molar-refractivity contribution in [2.45, 2.75) is 25.6 Å². The molecule has 0 aliphatic carbocycles. The molecule has 0 spiro atoms. The number of benzene rings is 1. The molecule has 24 heavy (non-hydrogen) atoms. The van der Waals surface area contributed by atoms with Gasteiger partial charge in [-0.2, -0.15) is 0 Å². The molecular weight excluding hydrogens is 306 g/mol. The second-order valence-electron chi connectivity index (χ2n) is 6.67. The van der Waals surface area contributed by atoms with E-state index in [4.69, 9.17) is 9.47 Å². The zero-order valence-corrected chi connectivity index (χ0v) is 14.3. The van der Waals surface area contributed by atoms with Gasteiger partial charge in [0.1, 0.15) is 18.5 Å².